The average molecular weight is 481 g/mol. The molecule has 1 aliphatic rings. The summed E-state index contributed by atoms with van der Waals surface area (Å²) in [7, 11) is 0. The zero-order valence-electron chi connectivity index (χ0n) is 23.2. The van der Waals surface area contributed by atoms with E-state index in [1.54, 1.807) is 0 Å². The summed E-state index contributed by atoms with van der Waals surface area (Å²) in [5, 5.41) is 0. The molecule has 1 unspecified atom stereocenters. The van der Waals surface area contributed by atoms with Crippen molar-refractivity contribution in [2.75, 3.05) is 13.2 Å². The Labute approximate surface area is 207 Å². The lowest BCUT2D eigenvalue weighted by Crippen LogP contribution is -2.58. The number of ether oxygens (including phenoxy) is 6. The summed E-state index contributed by atoms with van der Waals surface area (Å²) in [6, 6.07) is 6.30. The monoisotopic (exact) mass is 480 g/mol. The van der Waals surface area contributed by atoms with Gasteiger partial charge >= 0.3 is 0 Å². The Balaban J connectivity index is 2.45. The van der Waals surface area contributed by atoms with E-state index >= 15 is 0 Å². The molecule has 6 heteroatoms. The maximum Gasteiger partial charge on any atom is 0.184 e. The van der Waals surface area contributed by atoms with Gasteiger partial charge in [0.05, 0.1) is 37.1 Å². The number of aryl methyl sites for hydroxylation is 2. The largest absolute Gasteiger partial charge is 0.376 e. The number of hydrogen-bond acceptors (Lipinski definition) is 6. The first-order valence-corrected chi connectivity index (χ1v) is 12.7. The second-order valence-corrected chi connectivity index (χ2v) is 11.1. The van der Waals surface area contributed by atoms with E-state index < -0.39 is 12.4 Å². The number of rotatable bonds is 11. The Morgan fingerprint density at radius 3 is 2.09 bits per heavy atom. The van der Waals surface area contributed by atoms with Gasteiger partial charge in [0.2, 0.25) is 0 Å². The van der Waals surface area contributed by atoms with Crippen LogP contribution in [0, 0.1) is 13.8 Å². The normalized spacial score (nSPS) is 24.9. The van der Waals surface area contributed by atoms with Gasteiger partial charge < -0.3 is 28.4 Å². The zero-order valence-corrected chi connectivity index (χ0v) is 23.2. The summed E-state index contributed by atoms with van der Waals surface area (Å²) in [4.78, 5) is 0. The van der Waals surface area contributed by atoms with E-state index in [1.165, 1.54) is 11.1 Å². The summed E-state index contributed by atoms with van der Waals surface area (Å²) in [5.74, 6) is 0. The third kappa shape index (κ3) is 9.21. The minimum atomic E-state index is -0.551. The number of benzene rings is 1. The van der Waals surface area contributed by atoms with Gasteiger partial charge in [-0.2, -0.15) is 0 Å². The molecule has 0 aliphatic carbocycles. The van der Waals surface area contributed by atoms with Crippen LogP contribution in [-0.4, -0.2) is 61.5 Å². The van der Waals surface area contributed by atoms with Crippen molar-refractivity contribution >= 4 is 0 Å². The molecule has 2 rings (SSSR count). The molecule has 5 atom stereocenters. The minimum Gasteiger partial charge on any atom is -0.376 e. The summed E-state index contributed by atoms with van der Waals surface area (Å²) >= 11 is 0. The van der Waals surface area contributed by atoms with Gasteiger partial charge in [0.1, 0.15) is 24.4 Å². The van der Waals surface area contributed by atoms with Crippen molar-refractivity contribution in [3.8, 4) is 0 Å². The molecule has 0 aromatic heterocycles. The second kappa shape index (κ2) is 12.8. The first-order valence-electron chi connectivity index (χ1n) is 12.7. The lowest BCUT2D eigenvalue weighted by Gasteiger charge is -2.45. The van der Waals surface area contributed by atoms with Crippen molar-refractivity contribution < 1.29 is 28.4 Å². The lowest BCUT2D eigenvalue weighted by molar-refractivity contribution is -0.331. The summed E-state index contributed by atoms with van der Waals surface area (Å²) in [6.07, 6.45) is -1.89. The van der Waals surface area contributed by atoms with Crippen LogP contribution in [0.25, 0.3) is 0 Å². The molecule has 0 saturated carbocycles. The molecule has 1 aliphatic heterocycles. The molecule has 34 heavy (non-hydrogen) atoms. The summed E-state index contributed by atoms with van der Waals surface area (Å²) in [5.41, 5.74) is 3.11. The zero-order chi connectivity index (χ0) is 25.6. The highest BCUT2D eigenvalue weighted by Gasteiger charge is 2.46. The Morgan fingerprint density at radius 1 is 0.882 bits per heavy atom. The van der Waals surface area contributed by atoms with Gasteiger partial charge in [-0.05, 0) is 87.3 Å². The minimum absolute atomic E-state index is 0.00477. The third-order valence-electron chi connectivity index (χ3n) is 5.59. The molecular weight excluding hydrogens is 432 g/mol. The van der Waals surface area contributed by atoms with E-state index in [9.17, 15) is 0 Å². The van der Waals surface area contributed by atoms with E-state index in [0.717, 1.165) is 5.56 Å². The van der Waals surface area contributed by atoms with E-state index in [0.29, 0.717) is 13.2 Å². The van der Waals surface area contributed by atoms with Gasteiger partial charge in [-0.25, -0.2) is 0 Å². The third-order valence-corrected chi connectivity index (χ3v) is 5.59. The predicted octanol–water partition coefficient (Wildman–Crippen LogP) is 5.91. The molecule has 1 aromatic rings. The second-order valence-electron chi connectivity index (χ2n) is 11.1. The van der Waals surface area contributed by atoms with Crippen LogP contribution in [0.2, 0.25) is 0 Å². The van der Waals surface area contributed by atoms with Gasteiger partial charge in [0.25, 0.3) is 0 Å². The molecule has 0 amide bonds. The Hall–Kier alpha value is -1.02. The van der Waals surface area contributed by atoms with E-state index in [-0.39, 0.29) is 42.2 Å². The fourth-order valence-corrected chi connectivity index (χ4v) is 3.86. The fraction of sp³-hybridized carbons (Fsp3) is 0.786. The average Bonchev–Trinajstić information content (AvgIpc) is 2.71. The topological polar surface area (TPSA) is 55.4 Å². The van der Waals surface area contributed by atoms with Crippen molar-refractivity contribution in [1.82, 2.24) is 0 Å². The molecule has 0 N–H and O–H groups in total. The SMILES string of the molecule is Cc1ccc(C2O[C@H]([C@@H](COC(C)(C)C)OC(C)C)[C@H](OC(C)C)[C@H](COC(C)C)O2)cc1C. The van der Waals surface area contributed by atoms with Crippen molar-refractivity contribution in [2.24, 2.45) is 0 Å². The Bertz CT molecular complexity index is 739. The maximum absolute atomic E-state index is 6.64. The van der Waals surface area contributed by atoms with Gasteiger partial charge in [-0.1, -0.05) is 18.2 Å². The molecule has 1 aromatic carbocycles. The summed E-state index contributed by atoms with van der Waals surface area (Å²) < 4.78 is 38.1. The van der Waals surface area contributed by atoms with Crippen LogP contribution in [0.15, 0.2) is 18.2 Å². The van der Waals surface area contributed by atoms with Crippen LogP contribution in [0.1, 0.15) is 85.3 Å². The first kappa shape index (κ1) is 29.2. The predicted molar refractivity (Wildman–Crippen MR) is 135 cm³/mol. The molecule has 1 heterocycles. The fourth-order valence-electron chi connectivity index (χ4n) is 3.86. The van der Waals surface area contributed by atoms with Crippen molar-refractivity contribution in [3.05, 3.63) is 34.9 Å². The maximum atomic E-state index is 6.64. The lowest BCUT2D eigenvalue weighted by atomic mass is 9.99. The first-order chi connectivity index (χ1) is 15.8. The molecule has 6 nitrogen and oxygen atoms in total. The highest BCUT2D eigenvalue weighted by Crippen LogP contribution is 2.36. The van der Waals surface area contributed by atoms with Crippen LogP contribution in [0.3, 0.4) is 0 Å². The molecule has 0 bridgehead atoms. The van der Waals surface area contributed by atoms with E-state index in [2.05, 4.69) is 32.0 Å². The van der Waals surface area contributed by atoms with Gasteiger partial charge in [-0.3, -0.25) is 0 Å². The molecule has 0 spiro atoms. The van der Waals surface area contributed by atoms with E-state index in [4.69, 9.17) is 28.4 Å². The van der Waals surface area contributed by atoms with Gasteiger partial charge in [0.15, 0.2) is 6.29 Å². The molecule has 1 saturated heterocycles. The van der Waals surface area contributed by atoms with Crippen molar-refractivity contribution in [1.29, 1.82) is 0 Å². The molecular formula is C28H48O6. The summed E-state index contributed by atoms with van der Waals surface area (Å²) in [6.45, 7) is 23.3. The smallest absolute Gasteiger partial charge is 0.184 e. The van der Waals surface area contributed by atoms with Crippen LogP contribution in [0.5, 0.6) is 0 Å². The highest BCUT2D eigenvalue weighted by atomic mass is 16.7. The van der Waals surface area contributed by atoms with Gasteiger partial charge in [0, 0.05) is 5.56 Å². The number of hydrogen-bond donors (Lipinski definition) is 0. The quantitative estimate of drug-likeness (QED) is 0.392. The van der Waals surface area contributed by atoms with Crippen LogP contribution in [0.4, 0.5) is 0 Å². The highest BCUT2D eigenvalue weighted by molar-refractivity contribution is 5.30. The Morgan fingerprint density at radius 2 is 1.56 bits per heavy atom. The van der Waals surface area contributed by atoms with Crippen LogP contribution in [-0.2, 0) is 28.4 Å². The standard InChI is InChI=1S/C28H48O6/c1-17(2)29-15-23-25(32-19(5)6)26(24(31-18(3)4)16-30-28(9,10)11)34-27(33-23)22-13-12-20(7)21(8)14-22/h12-14,17-19,23-27H,15-16H2,1-11H3/t23-,24+,25+,26+,27?/m0/s1. The van der Waals surface area contributed by atoms with Crippen molar-refractivity contribution in [3.63, 3.8) is 0 Å². The Kier molecular flexibility index (Phi) is 11.0. The molecule has 1 fully saturated rings. The molecule has 196 valence electrons. The van der Waals surface area contributed by atoms with E-state index in [1.807, 2.05) is 62.3 Å². The van der Waals surface area contributed by atoms with Crippen molar-refractivity contribution in [2.45, 2.75) is 131 Å². The van der Waals surface area contributed by atoms with Crippen LogP contribution < -0.4 is 0 Å². The van der Waals surface area contributed by atoms with Gasteiger partial charge in [-0.15, -0.1) is 0 Å². The molecule has 0 radical (unpaired) electrons. The van der Waals surface area contributed by atoms with Crippen LogP contribution >= 0.6 is 0 Å².